The van der Waals surface area contributed by atoms with E-state index in [1.807, 2.05) is 0 Å². The van der Waals surface area contributed by atoms with Crippen molar-refractivity contribution in [3.8, 4) is 11.5 Å². The van der Waals surface area contributed by atoms with Crippen LogP contribution in [0.25, 0.3) is 0 Å². The Morgan fingerprint density at radius 2 is 1.46 bits per heavy atom. The largest absolute Gasteiger partial charge is 0.426 e. The van der Waals surface area contributed by atoms with Crippen LogP contribution in [0, 0.1) is 17.7 Å². The lowest BCUT2D eigenvalue weighted by molar-refractivity contribution is -0.140. The Hall–Kier alpha value is -2.69. The summed E-state index contributed by atoms with van der Waals surface area (Å²) in [6.45, 7) is 2.19. The Kier molecular flexibility index (Phi) is 6.80. The highest BCUT2D eigenvalue weighted by atomic mass is 19.1. The lowest BCUT2D eigenvalue weighted by atomic mass is 9.80. The minimum absolute atomic E-state index is 0.0452. The zero-order valence-electron chi connectivity index (χ0n) is 16.0. The Balaban J connectivity index is 1.52. The summed E-state index contributed by atoms with van der Waals surface area (Å²) >= 11 is 0. The number of rotatable bonds is 6. The van der Waals surface area contributed by atoms with E-state index in [9.17, 15) is 14.0 Å². The number of carbonyl (C=O) groups excluding carboxylic acids is 2. The van der Waals surface area contributed by atoms with Gasteiger partial charge in [-0.05, 0) is 80.1 Å². The first-order valence-electron chi connectivity index (χ1n) is 9.84. The summed E-state index contributed by atoms with van der Waals surface area (Å²) in [5.74, 6) is 0.219. The smallest absolute Gasteiger partial charge is 0.343 e. The molecule has 4 nitrogen and oxygen atoms in total. The number of benzene rings is 2. The molecule has 0 saturated heterocycles. The fourth-order valence-electron chi connectivity index (χ4n) is 3.62. The third-order valence-corrected chi connectivity index (χ3v) is 5.21. The molecule has 1 aliphatic carbocycles. The summed E-state index contributed by atoms with van der Waals surface area (Å²) in [4.78, 5) is 24.5. The first-order chi connectivity index (χ1) is 13.5. The summed E-state index contributed by atoms with van der Waals surface area (Å²) in [5.41, 5.74) is 0.323. The maximum atomic E-state index is 12.9. The van der Waals surface area contributed by atoms with Gasteiger partial charge in [0.25, 0.3) is 0 Å². The third kappa shape index (κ3) is 5.41. The quantitative estimate of drug-likeness (QED) is 0.483. The van der Waals surface area contributed by atoms with Crippen LogP contribution in [0.3, 0.4) is 0 Å². The average Bonchev–Trinajstić information content (AvgIpc) is 2.71. The zero-order valence-corrected chi connectivity index (χ0v) is 16.0. The lowest BCUT2D eigenvalue weighted by Gasteiger charge is -2.26. The molecule has 5 heteroatoms. The van der Waals surface area contributed by atoms with Crippen LogP contribution in [-0.4, -0.2) is 11.9 Å². The van der Waals surface area contributed by atoms with Gasteiger partial charge in [0.2, 0.25) is 0 Å². The average molecular weight is 384 g/mol. The third-order valence-electron chi connectivity index (χ3n) is 5.21. The molecule has 0 heterocycles. The predicted octanol–water partition coefficient (Wildman–Crippen LogP) is 5.56. The molecule has 2 aromatic rings. The van der Waals surface area contributed by atoms with Crippen molar-refractivity contribution in [2.45, 2.75) is 45.4 Å². The van der Waals surface area contributed by atoms with E-state index >= 15 is 0 Å². The van der Waals surface area contributed by atoms with Gasteiger partial charge in [-0.3, -0.25) is 4.79 Å². The van der Waals surface area contributed by atoms with Gasteiger partial charge in [-0.25, -0.2) is 9.18 Å². The molecule has 148 valence electrons. The van der Waals surface area contributed by atoms with Gasteiger partial charge in [0.15, 0.2) is 0 Å². The fraction of sp³-hybridized carbons (Fsp3) is 0.391. The number of esters is 2. The van der Waals surface area contributed by atoms with Crippen molar-refractivity contribution in [3.63, 3.8) is 0 Å². The molecule has 0 bridgehead atoms. The van der Waals surface area contributed by atoms with Gasteiger partial charge in [-0.1, -0.05) is 19.8 Å². The van der Waals surface area contributed by atoms with Gasteiger partial charge in [0.1, 0.15) is 17.3 Å². The molecule has 1 saturated carbocycles. The molecular weight excluding hydrogens is 359 g/mol. The van der Waals surface area contributed by atoms with Gasteiger partial charge in [-0.2, -0.15) is 0 Å². The van der Waals surface area contributed by atoms with Crippen molar-refractivity contribution in [3.05, 3.63) is 59.9 Å². The van der Waals surface area contributed by atoms with E-state index in [0.717, 1.165) is 31.6 Å². The molecule has 1 fully saturated rings. The van der Waals surface area contributed by atoms with Crippen molar-refractivity contribution >= 4 is 11.9 Å². The maximum absolute atomic E-state index is 12.9. The number of carbonyl (C=O) groups is 2. The predicted molar refractivity (Wildman–Crippen MR) is 104 cm³/mol. The SMILES string of the molecule is CCCC1CCC(C(=O)Oc2ccc(C(=O)Oc3ccc(F)cc3)cc2)CC1. The molecule has 3 rings (SSSR count). The van der Waals surface area contributed by atoms with Crippen molar-refractivity contribution in [2.75, 3.05) is 0 Å². The molecule has 0 N–H and O–H groups in total. The van der Waals surface area contributed by atoms with Crippen molar-refractivity contribution in [2.24, 2.45) is 11.8 Å². The molecule has 0 unspecified atom stereocenters. The molecule has 28 heavy (non-hydrogen) atoms. The van der Waals surface area contributed by atoms with Crippen LogP contribution in [0.2, 0.25) is 0 Å². The number of hydrogen-bond donors (Lipinski definition) is 0. The van der Waals surface area contributed by atoms with Gasteiger partial charge < -0.3 is 9.47 Å². The van der Waals surface area contributed by atoms with Crippen LogP contribution in [0.4, 0.5) is 4.39 Å². The van der Waals surface area contributed by atoms with Crippen molar-refractivity contribution < 1.29 is 23.5 Å². The summed E-state index contributed by atoms with van der Waals surface area (Å²) in [6, 6.07) is 11.5. The standard InChI is InChI=1S/C23H25FO4/c1-2-3-16-4-6-17(7-5-16)22(25)27-20-12-8-18(9-13-20)23(26)28-21-14-10-19(24)11-15-21/h8-17H,2-7H2,1H3. The number of ether oxygens (including phenoxy) is 2. The molecule has 0 spiro atoms. The molecule has 0 radical (unpaired) electrons. The van der Waals surface area contributed by atoms with Crippen LogP contribution < -0.4 is 9.47 Å². The van der Waals surface area contributed by atoms with Crippen LogP contribution >= 0.6 is 0 Å². The van der Waals surface area contributed by atoms with Crippen LogP contribution in [-0.2, 0) is 4.79 Å². The first-order valence-corrected chi connectivity index (χ1v) is 9.84. The van der Waals surface area contributed by atoms with E-state index in [1.54, 1.807) is 24.3 Å². The zero-order chi connectivity index (χ0) is 19.9. The fourth-order valence-corrected chi connectivity index (χ4v) is 3.62. The minimum atomic E-state index is -0.557. The highest BCUT2D eigenvalue weighted by Gasteiger charge is 2.27. The van der Waals surface area contributed by atoms with E-state index in [1.165, 1.54) is 37.1 Å². The van der Waals surface area contributed by atoms with E-state index < -0.39 is 11.8 Å². The van der Waals surface area contributed by atoms with E-state index in [4.69, 9.17) is 9.47 Å². The molecule has 2 aromatic carbocycles. The monoisotopic (exact) mass is 384 g/mol. The second kappa shape index (κ2) is 9.49. The van der Waals surface area contributed by atoms with E-state index in [2.05, 4.69) is 6.92 Å². The molecule has 0 amide bonds. The topological polar surface area (TPSA) is 52.6 Å². The Morgan fingerprint density at radius 3 is 2.07 bits per heavy atom. The van der Waals surface area contributed by atoms with Gasteiger partial charge in [-0.15, -0.1) is 0 Å². The van der Waals surface area contributed by atoms with Crippen LogP contribution in [0.5, 0.6) is 11.5 Å². The molecule has 0 atom stereocenters. The first kappa shape index (κ1) is 20.1. The minimum Gasteiger partial charge on any atom is -0.426 e. The van der Waals surface area contributed by atoms with Crippen LogP contribution in [0.1, 0.15) is 55.8 Å². The van der Waals surface area contributed by atoms with E-state index in [0.29, 0.717) is 11.3 Å². The van der Waals surface area contributed by atoms with E-state index in [-0.39, 0.29) is 17.6 Å². The van der Waals surface area contributed by atoms with Gasteiger partial charge in [0, 0.05) is 0 Å². The highest BCUT2D eigenvalue weighted by Crippen LogP contribution is 2.32. The lowest BCUT2D eigenvalue weighted by Crippen LogP contribution is -2.25. The maximum Gasteiger partial charge on any atom is 0.343 e. The summed E-state index contributed by atoms with van der Waals surface area (Å²) in [5, 5.41) is 0. The molecule has 1 aliphatic rings. The van der Waals surface area contributed by atoms with Crippen LogP contribution in [0.15, 0.2) is 48.5 Å². The van der Waals surface area contributed by atoms with Gasteiger partial charge >= 0.3 is 11.9 Å². The Morgan fingerprint density at radius 1 is 0.893 bits per heavy atom. The molecule has 0 aromatic heterocycles. The normalized spacial score (nSPS) is 19.1. The number of halogens is 1. The highest BCUT2D eigenvalue weighted by molar-refractivity contribution is 5.91. The van der Waals surface area contributed by atoms with Crippen molar-refractivity contribution in [1.29, 1.82) is 0 Å². The Bertz CT molecular complexity index is 790. The second-order valence-electron chi connectivity index (χ2n) is 7.30. The van der Waals surface area contributed by atoms with Crippen molar-refractivity contribution in [1.82, 2.24) is 0 Å². The second-order valence-corrected chi connectivity index (χ2v) is 7.30. The molecule has 0 aliphatic heterocycles. The summed E-state index contributed by atoms with van der Waals surface area (Å²) < 4.78 is 23.6. The molecular formula is C23H25FO4. The Labute approximate surface area is 164 Å². The summed E-state index contributed by atoms with van der Waals surface area (Å²) in [6.07, 6.45) is 6.35. The number of hydrogen-bond acceptors (Lipinski definition) is 4. The summed E-state index contributed by atoms with van der Waals surface area (Å²) in [7, 11) is 0. The van der Waals surface area contributed by atoms with Gasteiger partial charge in [0.05, 0.1) is 11.5 Å².